The zero-order chi connectivity index (χ0) is 15.3. The van der Waals surface area contributed by atoms with Crippen LogP contribution in [0.1, 0.15) is 32.4 Å². The lowest BCUT2D eigenvalue weighted by Gasteiger charge is -2.26. The topological polar surface area (TPSA) is 84.6 Å². The van der Waals surface area contributed by atoms with Gasteiger partial charge in [-0.15, -0.1) is 12.4 Å². The van der Waals surface area contributed by atoms with Crippen LogP contribution in [0.3, 0.4) is 0 Å². The average Bonchev–Trinajstić information content (AvgIpc) is 2.42. The fraction of sp³-hybridized carbons (Fsp3) is 0.533. The number of halogens is 1. The lowest BCUT2D eigenvalue weighted by Crippen LogP contribution is -2.49. The third kappa shape index (κ3) is 5.91. The van der Waals surface area contributed by atoms with Crippen molar-refractivity contribution in [1.82, 2.24) is 5.32 Å². The molecule has 1 aromatic carbocycles. The van der Waals surface area contributed by atoms with Crippen LogP contribution in [0.2, 0.25) is 0 Å². The van der Waals surface area contributed by atoms with Crippen molar-refractivity contribution < 1.29 is 14.6 Å². The van der Waals surface area contributed by atoms with E-state index < -0.39 is 12.1 Å². The van der Waals surface area contributed by atoms with Gasteiger partial charge in [0.1, 0.15) is 5.75 Å². The summed E-state index contributed by atoms with van der Waals surface area (Å²) in [6, 6.07) is 6.49. The molecule has 0 spiro atoms. The lowest BCUT2D eigenvalue weighted by atomic mass is 9.87. The van der Waals surface area contributed by atoms with Crippen molar-refractivity contribution in [3.63, 3.8) is 0 Å². The number of benzene rings is 1. The highest BCUT2D eigenvalue weighted by atomic mass is 35.5. The molecule has 1 rings (SSSR count). The number of carbonyl (C=O) groups is 1. The van der Waals surface area contributed by atoms with E-state index in [-0.39, 0.29) is 30.3 Å². The molecule has 5 nitrogen and oxygen atoms in total. The molecule has 1 amide bonds. The largest absolute Gasteiger partial charge is 0.497 e. The zero-order valence-corrected chi connectivity index (χ0v) is 13.7. The van der Waals surface area contributed by atoms with Crippen molar-refractivity contribution in [2.24, 2.45) is 11.1 Å². The summed E-state index contributed by atoms with van der Waals surface area (Å²) in [6.07, 6.45) is -0.791. The van der Waals surface area contributed by atoms with Gasteiger partial charge in [-0.25, -0.2) is 0 Å². The second-order valence-corrected chi connectivity index (χ2v) is 5.88. The molecule has 0 saturated carbocycles. The maximum absolute atomic E-state index is 11.9. The van der Waals surface area contributed by atoms with Gasteiger partial charge < -0.3 is 20.9 Å². The van der Waals surface area contributed by atoms with E-state index >= 15 is 0 Å². The second kappa shape index (κ2) is 8.22. The van der Waals surface area contributed by atoms with Gasteiger partial charge in [-0.3, -0.25) is 4.79 Å². The van der Waals surface area contributed by atoms with E-state index in [9.17, 15) is 9.90 Å². The molecule has 120 valence electrons. The minimum Gasteiger partial charge on any atom is -0.497 e. The first-order chi connectivity index (χ1) is 9.25. The number of nitrogens with one attached hydrogen (secondary N) is 1. The third-order valence-corrected chi connectivity index (χ3v) is 3.16. The molecule has 0 fully saturated rings. The Hall–Kier alpha value is -1.30. The number of amides is 1. The fourth-order valence-electron chi connectivity index (χ4n) is 1.67. The van der Waals surface area contributed by atoms with Gasteiger partial charge in [-0.1, -0.05) is 32.9 Å². The molecule has 0 aliphatic heterocycles. The van der Waals surface area contributed by atoms with Crippen LogP contribution in [0.15, 0.2) is 24.3 Å². The maximum atomic E-state index is 11.9. The van der Waals surface area contributed by atoms with Gasteiger partial charge in [-0.2, -0.15) is 0 Å². The number of hydrogen-bond acceptors (Lipinski definition) is 4. The Kier molecular flexibility index (Phi) is 7.71. The molecule has 0 heterocycles. The van der Waals surface area contributed by atoms with E-state index in [0.717, 1.165) is 0 Å². The Labute approximate surface area is 132 Å². The molecular formula is C15H25ClN2O3. The summed E-state index contributed by atoms with van der Waals surface area (Å²) >= 11 is 0. The summed E-state index contributed by atoms with van der Waals surface area (Å²) < 4.78 is 5.10. The Bertz CT molecular complexity index is 460. The molecule has 1 aromatic rings. The van der Waals surface area contributed by atoms with Gasteiger partial charge >= 0.3 is 0 Å². The number of ether oxygens (including phenoxy) is 1. The first-order valence-corrected chi connectivity index (χ1v) is 6.61. The van der Waals surface area contributed by atoms with Crippen LogP contribution < -0.4 is 15.8 Å². The van der Waals surface area contributed by atoms with E-state index in [1.165, 1.54) is 0 Å². The number of rotatable bonds is 5. The molecule has 0 bridgehead atoms. The van der Waals surface area contributed by atoms with Gasteiger partial charge in [0.2, 0.25) is 5.91 Å². The van der Waals surface area contributed by atoms with E-state index in [1.807, 2.05) is 20.8 Å². The highest BCUT2D eigenvalue weighted by Gasteiger charge is 2.27. The van der Waals surface area contributed by atoms with Gasteiger partial charge in [0.05, 0.1) is 19.3 Å². The quantitative estimate of drug-likeness (QED) is 0.771. The third-order valence-electron chi connectivity index (χ3n) is 3.16. The Morgan fingerprint density at radius 3 is 2.57 bits per heavy atom. The zero-order valence-electron chi connectivity index (χ0n) is 12.9. The predicted octanol–water partition coefficient (Wildman–Crippen LogP) is 1.64. The molecule has 0 aromatic heterocycles. The minimum absolute atomic E-state index is 0. The molecule has 0 saturated heterocycles. The van der Waals surface area contributed by atoms with E-state index in [4.69, 9.17) is 10.5 Å². The first kappa shape index (κ1) is 19.7. The first-order valence-electron chi connectivity index (χ1n) is 6.61. The number of aliphatic hydroxyl groups is 1. The molecule has 0 aliphatic carbocycles. The van der Waals surface area contributed by atoms with Crippen LogP contribution in [0.5, 0.6) is 5.75 Å². The number of methoxy groups -OCH3 is 1. The van der Waals surface area contributed by atoms with E-state index in [1.54, 1.807) is 31.4 Å². The highest BCUT2D eigenvalue weighted by Crippen LogP contribution is 2.19. The van der Waals surface area contributed by atoms with E-state index in [0.29, 0.717) is 11.3 Å². The Balaban J connectivity index is 0.00000400. The SMILES string of the molecule is COc1cccc(C(O)CNC(=O)[C@@H](N)C(C)(C)C)c1.Cl. The van der Waals surface area contributed by atoms with Gasteiger partial charge in [-0.05, 0) is 23.1 Å². The summed E-state index contributed by atoms with van der Waals surface area (Å²) in [5, 5.41) is 12.7. The fourth-order valence-corrected chi connectivity index (χ4v) is 1.67. The van der Waals surface area contributed by atoms with Crippen molar-refractivity contribution in [2.45, 2.75) is 32.9 Å². The Morgan fingerprint density at radius 1 is 1.43 bits per heavy atom. The van der Waals surface area contributed by atoms with Crippen LogP contribution in [0.25, 0.3) is 0 Å². The monoisotopic (exact) mass is 316 g/mol. The smallest absolute Gasteiger partial charge is 0.237 e. The van der Waals surface area contributed by atoms with Crippen molar-refractivity contribution in [3.05, 3.63) is 29.8 Å². The van der Waals surface area contributed by atoms with Gasteiger partial charge in [0.15, 0.2) is 0 Å². The van der Waals surface area contributed by atoms with Crippen LogP contribution in [-0.2, 0) is 4.79 Å². The summed E-state index contributed by atoms with van der Waals surface area (Å²) in [4.78, 5) is 11.9. The summed E-state index contributed by atoms with van der Waals surface area (Å²) in [7, 11) is 1.57. The molecule has 2 atom stereocenters. The number of nitrogens with two attached hydrogens (primary N) is 1. The van der Waals surface area contributed by atoms with Crippen molar-refractivity contribution in [2.75, 3.05) is 13.7 Å². The number of aliphatic hydroxyl groups excluding tert-OH is 1. The number of carbonyl (C=O) groups excluding carboxylic acids is 1. The normalized spacial score (nSPS) is 13.8. The highest BCUT2D eigenvalue weighted by molar-refractivity contribution is 5.85. The standard InChI is InChI=1S/C15H24N2O3.ClH/c1-15(2,3)13(16)14(19)17-9-12(18)10-6-5-7-11(8-10)20-4;/h5-8,12-13,18H,9,16H2,1-4H3,(H,17,19);1H/t12?,13-;/m1./s1. The predicted molar refractivity (Wildman–Crippen MR) is 85.6 cm³/mol. The van der Waals surface area contributed by atoms with Gasteiger partial charge in [0, 0.05) is 6.54 Å². The molecular weight excluding hydrogens is 292 g/mol. The molecule has 6 heteroatoms. The molecule has 1 unspecified atom stereocenters. The Morgan fingerprint density at radius 2 is 2.05 bits per heavy atom. The molecule has 0 radical (unpaired) electrons. The lowest BCUT2D eigenvalue weighted by molar-refractivity contribution is -0.125. The summed E-state index contributed by atoms with van der Waals surface area (Å²) in [5.74, 6) is 0.402. The molecule has 21 heavy (non-hydrogen) atoms. The number of hydrogen-bond donors (Lipinski definition) is 3. The van der Waals surface area contributed by atoms with Crippen molar-refractivity contribution >= 4 is 18.3 Å². The molecule has 4 N–H and O–H groups in total. The van der Waals surface area contributed by atoms with Gasteiger partial charge in [0.25, 0.3) is 0 Å². The summed E-state index contributed by atoms with van der Waals surface area (Å²) in [6.45, 7) is 5.82. The average molecular weight is 317 g/mol. The summed E-state index contributed by atoms with van der Waals surface area (Å²) in [5.41, 5.74) is 6.23. The second-order valence-electron chi connectivity index (χ2n) is 5.88. The minimum atomic E-state index is -0.791. The van der Waals surface area contributed by atoms with Crippen molar-refractivity contribution in [1.29, 1.82) is 0 Å². The van der Waals surface area contributed by atoms with Crippen LogP contribution in [0.4, 0.5) is 0 Å². The van der Waals surface area contributed by atoms with E-state index in [2.05, 4.69) is 5.32 Å². The van der Waals surface area contributed by atoms with Crippen molar-refractivity contribution in [3.8, 4) is 5.75 Å². The maximum Gasteiger partial charge on any atom is 0.237 e. The van der Waals surface area contributed by atoms with Crippen LogP contribution in [-0.4, -0.2) is 30.7 Å². The molecule has 0 aliphatic rings. The van der Waals surface area contributed by atoms with Crippen LogP contribution >= 0.6 is 12.4 Å². The van der Waals surface area contributed by atoms with Crippen LogP contribution in [0, 0.1) is 5.41 Å².